The second-order valence-corrected chi connectivity index (χ2v) is 7.08. The summed E-state index contributed by atoms with van der Waals surface area (Å²) in [7, 11) is 3.97. The highest BCUT2D eigenvalue weighted by Crippen LogP contribution is 2.31. The second-order valence-electron chi connectivity index (χ2n) is 3.03. The van der Waals surface area contributed by atoms with Crippen molar-refractivity contribution >= 4 is 33.3 Å². The van der Waals surface area contributed by atoms with E-state index in [2.05, 4.69) is 13.8 Å². The van der Waals surface area contributed by atoms with E-state index in [9.17, 15) is 0 Å². The lowest BCUT2D eigenvalue weighted by Crippen LogP contribution is -1.86. The smallest absolute Gasteiger partial charge is 0.0496 e. The first-order valence-electron chi connectivity index (χ1n) is 5.24. The van der Waals surface area contributed by atoms with Crippen molar-refractivity contribution in [3.05, 3.63) is 0 Å². The fourth-order valence-electron chi connectivity index (χ4n) is 0.956. The Bertz CT molecular complexity index is 66.7. The van der Waals surface area contributed by atoms with Crippen LogP contribution in [0.2, 0.25) is 0 Å². The highest BCUT2D eigenvalue weighted by Gasteiger charge is 1.96. The summed E-state index contributed by atoms with van der Waals surface area (Å²) in [5.74, 6) is 2.70. The minimum atomic E-state index is 1.30. The molecule has 1 aliphatic rings. The van der Waals surface area contributed by atoms with Gasteiger partial charge in [0.25, 0.3) is 0 Å². The zero-order valence-corrected chi connectivity index (χ0v) is 11.3. The third-order valence-corrected chi connectivity index (χ3v) is 5.94. The Balaban J connectivity index is 0.000000223. The maximum Gasteiger partial charge on any atom is 0.0496 e. The van der Waals surface area contributed by atoms with E-state index in [0.29, 0.717) is 0 Å². The molecular formula is C10H22S3. The van der Waals surface area contributed by atoms with Crippen LogP contribution in [-0.4, -0.2) is 16.6 Å². The summed E-state index contributed by atoms with van der Waals surface area (Å²) in [6, 6.07) is 0. The Morgan fingerprint density at radius 2 is 1.54 bits per heavy atom. The molecule has 1 heterocycles. The van der Waals surface area contributed by atoms with E-state index in [4.69, 9.17) is 0 Å². The Morgan fingerprint density at radius 3 is 1.77 bits per heavy atom. The molecule has 0 radical (unpaired) electrons. The molecule has 13 heavy (non-hydrogen) atoms. The molecule has 1 fully saturated rings. The van der Waals surface area contributed by atoms with Crippen LogP contribution in [0, 0.1) is 0 Å². The molecule has 0 saturated carbocycles. The third-order valence-electron chi connectivity index (χ3n) is 1.73. The van der Waals surface area contributed by atoms with Gasteiger partial charge in [-0.3, -0.25) is 0 Å². The average molecular weight is 238 g/mol. The zero-order valence-electron chi connectivity index (χ0n) is 8.88. The number of unbranched alkanes of at least 4 members (excludes halogenated alkanes) is 4. The van der Waals surface area contributed by atoms with Gasteiger partial charge >= 0.3 is 0 Å². The molecule has 0 aromatic heterocycles. The quantitative estimate of drug-likeness (QED) is 0.497. The van der Waals surface area contributed by atoms with Crippen molar-refractivity contribution in [2.24, 2.45) is 0 Å². The predicted molar refractivity (Wildman–Crippen MR) is 71.8 cm³/mol. The number of thioether (sulfide) groups is 1. The normalized spacial score (nSPS) is 16.2. The molecule has 0 bridgehead atoms. The monoisotopic (exact) mass is 238 g/mol. The lowest BCUT2D eigenvalue weighted by molar-refractivity contribution is 0.656. The van der Waals surface area contributed by atoms with Crippen molar-refractivity contribution in [2.75, 3.05) is 16.6 Å². The van der Waals surface area contributed by atoms with Gasteiger partial charge in [-0.1, -0.05) is 67.5 Å². The van der Waals surface area contributed by atoms with Gasteiger partial charge in [-0.25, -0.2) is 0 Å². The molecule has 3 heteroatoms. The summed E-state index contributed by atoms with van der Waals surface area (Å²) in [6.45, 7) is 4.49. The van der Waals surface area contributed by atoms with Crippen molar-refractivity contribution in [1.82, 2.24) is 0 Å². The van der Waals surface area contributed by atoms with Crippen molar-refractivity contribution in [2.45, 2.75) is 46.0 Å². The summed E-state index contributed by atoms with van der Waals surface area (Å²) >= 11 is 2.04. The van der Waals surface area contributed by atoms with Crippen LogP contribution in [0.4, 0.5) is 0 Å². The van der Waals surface area contributed by atoms with E-state index in [0.717, 1.165) is 0 Å². The molecule has 80 valence electrons. The zero-order chi connectivity index (χ0) is 9.78. The first-order chi connectivity index (χ1) is 6.41. The van der Waals surface area contributed by atoms with Gasteiger partial charge in [-0.2, -0.15) is 0 Å². The van der Waals surface area contributed by atoms with Crippen LogP contribution in [0.25, 0.3) is 0 Å². The van der Waals surface area contributed by atoms with E-state index in [1.807, 2.05) is 33.3 Å². The van der Waals surface area contributed by atoms with Gasteiger partial charge in [0.05, 0.1) is 0 Å². The van der Waals surface area contributed by atoms with Crippen LogP contribution in [-0.2, 0) is 0 Å². The fourth-order valence-corrected chi connectivity index (χ4v) is 5.02. The summed E-state index contributed by atoms with van der Waals surface area (Å²) in [4.78, 5) is 0. The molecule has 0 amide bonds. The van der Waals surface area contributed by atoms with Crippen molar-refractivity contribution < 1.29 is 0 Å². The van der Waals surface area contributed by atoms with Gasteiger partial charge in [0.15, 0.2) is 0 Å². The first kappa shape index (κ1) is 14.1. The Morgan fingerprint density at radius 1 is 0.846 bits per heavy atom. The van der Waals surface area contributed by atoms with Crippen molar-refractivity contribution in [1.29, 1.82) is 0 Å². The number of hydrogen-bond donors (Lipinski definition) is 0. The van der Waals surface area contributed by atoms with E-state index >= 15 is 0 Å². The molecule has 0 spiro atoms. The van der Waals surface area contributed by atoms with Gasteiger partial charge in [-0.05, 0) is 0 Å². The molecule has 1 saturated heterocycles. The van der Waals surface area contributed by atoms with Crippen LogP contribution in [0.15, 0.2) is 0 Å². The maximum atomic E-state index is 2.25. The van der Waals surface area contributed by atoms with Gasteiger partial charge in [0.2, 0.25) is 0 Å². The van der Waals surface area contributed by atoms with Crippen LogP contribution in [0.1, 0.15) is 46.0 Å². The molecular weight excluding hydrogens is 216 g/mol. The Kier molecular flexibility index (Phi) is 14.1. The summed E-state index contributed by atoms with van der Waals surface area (Å²) < 4.78 is 0. The lowest BCUT2D eigenvalue weighted by atomic mass is 10.2. The van der Waals surface area contributed by atoms with E-state index < -0.39 is 0 Å². The summed E-state index contributed by atoms with van der Waals surface area (Å²) in [6.07, 6.45) is 7.01. The minimum absolute atomic E-state index is 1.30. The molecule has 0 aromatic rings. The molecule has 1 aliphatic heterocycles. The van der Waals surface area contributed by atoms with Gasteiger partial charge in [0.1, 0.15) is 0 Å². The molecule has 0 N–H and O–H groups in total. The minimum Gasteiger partial charge on any atom is -0.149 e. The van der Waals surface area contributed by atoms with Gasteiger partial charge in [0, 0.05) is 16.6 Å². The van der Waals surface area contributed by atoms with E-state index in [-0.39, 0.29) is 0 Å². The summed E-state index contributed by atoms with van der Waals surface area (Å²) in [5.41, 5.74) is 0. The largest absolute Gasteiger partial charge is 0.149 e. The Labute approximate surface area is 95.8 Å². The molecule has 1 rings (SSSR count). The standard InChI is InChI=1S/C7H16.C3H6S3/c1-3-5-7-6-4-2;1-2-5-6-3-4-1/h3-7H2,1-2H3;1-3H2. The molecule has 0 unspecified atom stereocenters. The maximum absolute atomic E-state index is 2.25. The highest BCUT2D eigenvalue weighted by atomic mass is 33.1. The van der Waals surface area contributed by atoms with Crippen molar-refractivity contribution in [3.63, 3.8) is 0 Å². The molecule has 0 atom stereocenters. The SMILES string of the molecule is C1CSSCS1.CCCCCCC. The molecule has 0 aliphatic carbocycles. The topological polar surface area (TPSA) is 0 Å². The van der Waals surface area contributed by atoms with Crippen LogP contribution in [0.3, 0.4) is 0 Å². The van der Waals surface area contributed by atoms with Crippen LogP contribution in [0.5, 0.6) is 0 Å². The third kappa shape index (κ3) is 13.1. The number of rotatable bonds is 4. The molecule has 0 aromatic carbocycles. The summed E-state index contributed by atoms with van der Waals surface area (Å²) in [5, 5.41) is 1.30. The van der Waals surface area contributed by atoms with E-state index in [1.54, 1.807) is 0 Å². The van der Waals surface area contributed by atoms with Gasteiger partial charge in [-0.15, -0.1) is 11.8 Å². The average Bonchev–Trinajstić information content (AvgIpc) is 2.22. The van der Waals surface area contributed by atoms with Crippen LogP contribution < -0.4 is 0 Å². The predicted octanol–water partition coefficient (Wildman–Crippen LogP) is 5.05. The highest BCUT2D eigenvalue weighted by molar-refractivity contribution is 8.78. The van der Waals surface area contributed by atoms with Crippen molar-refractivity contribution in [3.8, 4) is 0 Å². The van der Waals surface area contributed by atoms with E-state index in [1.165, 1.54) is 48.7 Å². The number of hydrogen-bond acceptors (Lipinski definition) is 3. The second kappa shape index (κ2) is 13.1. The Hall–Kier alpha value is 1.05. The van der Waals surface area contributed by atoms with Gasteiger partial charge < -0.3 is 0 Å². The van der Waals surface area contributed by atoms with Crippen LogP contribution >= 0.6 is 33.3 Å². The fraction of sp³-hybridized carbons (Fsp3) is 1.00. The molecule has 0 nitrogen and oxygen atoms in total. The lowest BCUT2D eigenvalue weighted by Gasteiger charge is -2.04. The first-order valence-corrected chi connectivity index (χ1v) is 8.88.